The zero-order valence-corrected chi connectivity index (χ0v) is 16.8. The van der Waals surface area contributed by atoms with Gasteiger partial charge >= 0.3 is 0 Å². The molecule has 3 heterocycles. The van der Waals surface area contributed by atoms with Crippen molar-refractivity contribution in [3.63, 3.8) is 0 Å². The lowest BCUT2D eigenvalue weighted by atomic mass is 9.99. The van der Waals surface area contributed by atoms with Crippen LogP contribution in [0.3, 0.4) is 0 Å². The lowest BCUT2D eigenvalue weighted by molar-refractivity contribution is -0.383. The van der Waals surface area contributed by atoms with E-state index in [1.165, 1.54) is 0 Å². The third-order valence-electron chi connectivity index (χ3n) is 5.40. The summed E-state index contributed by atoms with van der Waals surface area (Å²) < 4.78 is 15.4. The fraction of sp³-hybridized carbons (Fsp3) is 0.833. The summed E-state index contributed by atoms with van der Waals surface area (Å²) in [6.07, 6.45) is -9.37. The van der Waals surface area contributed by atoms with Crippen LogP contribution in [0.4, 0.5) is 0 Å². The van der Waals surface area contributed by atoms with Crippen molar-refractivity contribution >= 4 is 5.91 Å². The Morgan fingerprint density at radius 2 is 1.68 bits per heavy atom. The zero-order chi connectivity index (χ0) is 23.3. The molecule has 0 aromatic carbocycles. The molecular formula is C18H31NO12. The summed E-state index contributed by atoms with van der Waals surface area (Å²) in [4.78, 5) is 12.3. The third-order valence-corrected chi connectivity index (χ3v) is 5.40. The highest BCUT2D eigenvalue weighted by atomic mass is 16.8. The number of aliphatic hydroxyl groups excluding tert-OH is 8. The zero-order valence-electron chi connectivity index (χ0n) is 16.8. The summed E-state index contributed by atoms with van der Waals surface area (Å²) in [7, 11) is 0. The normalized spacial score (nSPS) is 43.0. The van der Waals surface area contributed by atoms with E-state index in [0.717, 1.165) is 13.0 Å². The third kappa shape index (κ3) is 5.40. The fourth-order valence-electron chi connectivity index (χ4n) is 3.49. The maximum Gasteiger partial charge on any atom is 0.226 e. The molecular weight excluding hydrogens is 422 g/mol. The maximum atomic E-state index is 10.7. The van der Waals surface area contributed by atoms with Crippen molar-refractivity contribution in [3.8, 4) is 0 Å². The number of rotatable bonds is 6. The molecule has 13 heteroatoms. The molecule has 3 aliphatic heterocycles. The van der Waals surface area contributed by atoms with Gasteiger partial charge in [-0.1, -0.05) is 6.58 Å². The Labute approximate surface area is 178 Å². The molecule has 1 amide bonds. The first-order valence-electron chi connectivity index (χ1n) is 9.81. The molecule has 180 valence electrons. The Kier molecular flexibility index (Phi) is 9.29. The van der Waals surface area contributed by atoms with Gasteiger partial charge in [0, 0.05) is 13.0 Å². The second-order valence-corrected chi connectivity index (χ2v) is 7.43. The van der Waals surface area contributed by atoms with E-state index in [0.29, 0.717) is 6.42 Å². The molecule has 0 radical (unpaired) electrons. The van der Waals surface area contributed by atoms with Crippen LogP contribution < -0.4 is 0 Å². The highest BCUT2D eigenvalue weighted by Crippen LogP contribution is 2.35. The molecule has 3 aliphatic rings. The van der Waals surface area contributed by atoms with E-state index in [-0.39, 0.29) is 5.91 Å². The average Bonchev–Trinajstić information content (AvgIpc) is 3.30. The second kappa shape index (κ2) is 11.1. The van der Waals surface area contributed by atoms with Gasteiger partial charge in [-0.05, 0) is 12.6 Å². The number of hydrogen-bond donors (Lipinski definition) is 8. The van der Waals surface area contributed by atoms with Crippen molar-refractivity contribution in [1.29, 1.82) is 0 Å². The predicted octanol–water partition coefficient (Wildman–Crippen LogP) is -4.64. The number of likely N-dealkylation sites (tertiary alicyclic amines) is 1. The molecule has 0 aliphatic carbocycles. The van der Waals surface area contributed by atoms with Crippen molar-refractivity contribution in [2.75, 3.05) is 26.4 Å². The van der Waals surface area contributed by atoms with Gasteiger partial charge in [-0.15, -0.1) is 0 Å². The molecule has 0 aromatic rings. The van der Waals surface area contributed by atoms with Gasteiger partial charge in [0.05, 0.1) is 13.2 Å². The van der Waals surface area contributed by atoms with Gasteiger partial charge in [-0.3, -0.25) is 4.79 Å². The number of amides is 1. The number of carbonyl (C=O) groups is 1. The van der Waals surface area contributed by atoms with Gasteiger partial charge in [0.1, 0.15) is 49.3 Å². The van der Waals surface area contributed by atoms with Gasteiger partial charge in [0.25, 0.3) is 0 Å². The monoisotopic (exact) mass is 453 g/mol. The van der Waals surface area contributed by atoms with Gasteiger partial charge in [0.2, 0.25) is 11.7 Å². The maximum absolute atomic E-state index is 10.7. The molecule has 13 nitrogen and oxygen atoms in total. The van der Waals surface area contributed by atoms with Crippen LogP contribution in [0.2, 0.25) is 0 Å². The van der Waals surface area contributed by atoms with Crippen molar-refractivity contribution in [1.82, 2.24) is 4.90 Å². The number of nitrogens with zero attached hydrogens (tertiary/aromatic N) is 1. The van der Waals surface area contributed by atoms with Crippen molar-refractivity contribution in [2.45, 2.75) is 67.6 Å². The summed E-state index contributed by atoms with van der Waals surface area (Å²) in [5.41, 5.74) is 0. The SMILES string of the molecule is C=CN1CCCC1=O.OC[C@H]1OC(CO)(O[C@H]2O[C@H](CO)[C@@H](O)[C@H](O)[C@H]2O)[C@@H](O)[C@@H]1O. The molecule has 31 heavy (non-hydrogen) atoms. The van der Waals surface area contributed by atoms with E-state index in [2.05, 4.69) is 6.58 Å². The first-order chi connectivity index (χ1) is 14.6. The minimum absolute atomic E-state index is 0.208. The Balaban J connectivity index is 0.000000357. The predicted molar refractivity (Wildman–Crippen MR) is 99.8 cm³/mol. The molecule has 3 rings (SSSR count). The van der Waals surface area contributed by atoms with E-state index in [1.54, 1.807) is 11.1 Å². The summed E-state index contributed by atoms with van der Waals surface area (Å²) in [5, 5.41) is 76.7. The fourth-order valence-corrected chi connectivity index (χ4v) is 3.49. The van der Waals surface area contributed by atoms with E-state index in [1.807, 2.05) is 0 Å². The quantitative estimate of drug-likeness (QED) is 0.191. The molecule has 3 saturated heterocycles. The van der Waals surface area contributed by atoms with Crippen LogP contribution in [-0.2, 0) is 19.0 Å². The van der Waals surface area contributed by atoms with E-state index in [4.69, 9.17) is 24.4 Å². The van der Waals surface area contributed by atoms with Crippen LogP contribution >= 0.6 is 0 Å². The van der Waals surface area contributed by atoms with E-state index in [9.17, 15) is 35.4 Å². The Morgan fingerprint density at radius 1 is 1.03 bits per heavy atom. The molecule has 0 spiro atoms. The second-order valence-electron chi connectivity index (χ2n) is 7.43. The molecule has 1 unspecified atom stereocenters. The lowest BCUT2D eigenvalue weighted by Crippen LogP contribution is -2.62. The molecule has 0 aromatic heterocycles. The summed E-state index contributed by atoms with van der Waals surface area (Å²) in [5.74, 6) is -2.01. The first-order valence-corrected chi connectivity index (χ1v) is 9.81. The summed E-state index contributed by atoms with van der Waals surface area (Å²) in [6.45, 7) is 2.04. The standard InChI is InChI=1S/C12H22O11.C6H9NO/c13-1-4-6(16)8(18)9(19)11(21-4)23-12(3-15)10(20)7(17)5(2-14)22-12;1-2-7-5-3-4-6(7)8/h4-11,13-20H,1-3H2;2H,1,3-5H2/t4-,5-,6-,7-,8+,9-,10+,11-,12?;/m1./s1. The van der Waals surface area contributed by atoms with E-state index < -0.39 is 74.6 Å². The average molecular weight is 453 g/mol. The number of ether oxygens (including phenoxy) is 3. The minimum Gasteiger partial charge on any atom is -0.394 e. The Bertz CT molecular complexity index is 606. The number of hydrogen-bond acceptors (Lipinski definition) is 12. The molecule has 0 bridgehead atoms. The van der Waals surface area contributed by atoms with Crippen molar-refractivity contribution in [3.05, 3.63) is 12.8 Å². The van der Waals surface area contributed by atoms with Crippen LogP contribution in [0.5, 0.6) is 0 Å². The van der Waals surface area contributed by atoms with Crippen LogP contribution in [0.25, 0.3) is 0 Å². The van der Waals surface area contributed by atoms with Crippen LogP contribution in [0, 0.1) is 0 Å². The first kappa shape index (κ1) is 26.0. The van der Waals surface area contributed by atoms with Crippen molar-refractivity contribution in [2.24, 2.45) is 0 Å². The molecule has 8 N–H and O–H groups in total. The lowest BCUT2D eigenvalue weighted by Gasteiger charge is -2.43. The topological polar surface area (TPSA) is 210 Å². The number of carbonyl (C=O) groups excluding carboxylic acids is 1. The van der Waals surface area contributed by atoms with Crippen LogP contribution in [-0.4, -0.2) is 133 Å². The molecule has 0 saturated carbocycles. The smallest absolute Gasteiger partial charge is 0.226 e. The molecule has 9 atom stereocenters. The molecule has 3 fully saturated rings. The van der Waals surface area contributed by atoms with Gasteiger partial charge < -0.3 is 60.0 Å². The van der Waals surface area contributed by atoms with Crippen LogP contribution in [0.1, 0.15) is 12.8 Å². The van der Waals surface area contributed by atoms with Crippen LogP contribution in [0.15, 0.2) is 12.8 Å². The minimum atomic E-state index is -2.22. The highest BCUT2D eigenvalue weighted by Gasteiger charge is 2.58. The number of aliphatic hydroxyl groups is 8. The van der Waals surface area contributed by atoms with E-state index >= 15 is 0 Å². The Morgan fingerprint density at radius 3 is 2.10 bits per heavy atom. The summed E-state index contributed by atoms with van der Waals surface area (Å²) >= 11 is 0. The van der Waals surface area contributed by atoms with Gasteiger partial charge in [-0.2, -0.15) is 0 Å². The largest absolute Gasteiger partial charge is 0.394 e. The van der Waals surface area contributed by atoms with Gasteiger partial charge in [-0.25, -0.2) is 0 Å². The van der Waals surface area contributed by atoms with Crippen molar-refractivity contribution < 1.29 is 59.9 Å². The highest BCUT2D eigenvalue weighted by molar-refractivity contribution is 5.78. The Hall–Kier alpha value is -1.23. The summed E-state index contributed by atoms with van der Waals surface area (Å²) in [6, 6.07) is 0. The van der Waals surface area contributed by atoms with Gasteiger partial charge in [0.15, 0.2) is 6.29 Å².